The van der Waals surface area contributed by atoms with Crippen LogP contribution in [0.1, 0.15) is 44.0 Å². The number of anilines is 2. The number of nitriles is 1. The van der Waals surface area contributed by atoms with Gasteiger partial charge in [0.1, 0.15) is 11.1 Å². The Bertz CT molecular complexity index is 1260. The number of amides is 1. The van der Waals surface area contributed by atoms with Crippen LogP contribution in [0.4, 0.5) is 11.4 Å². The summed E-state index contributed by atoms with van der Waals surface area (Å²) in [5.74, 6) is 0.797. The third-order valence-electron chi connectivity index (χ3n) is 6.71. The maximum atomic E-state index is 13.5. The molecule has 0 fully saturated rings. The number of nitrogens with zero attached hydrogens (tertiary/aromatic N) is 3. The van der Waals surface area contributed by atoms with Crippen molar-refractivity contribution < 1.29 is 4.79 Å². The van der Waals surface area contributed by atoms with Gasteiger partial charge in [0.05, 0.1) is 22.7 Å². The molecule has 4 nitrogen and oxygen atoms in total. The summed E-state index contributed by atoms with van der Waals surface area (Å²) in [6.07, 6.45) is 3.00. The van der Waals surface area contributed by atoms with Crippen molar-refractivity contribution in [2.24, 2.45) is 11.3 Å². The van der Waals surface area contributed by atoms with E-state index in [0.717, 1.165) is 46.1 Å². The minimum absolute atomic E-state index is 0.0126. The van der Waals surface area contributed by atoms with Gasteiger partial charge in [-0.05, 0) is 66.5 Å². The van der Waals surface area contributed by atoms with Gasteiger partial charge in [0.25, 0.3) is 0 Å². The topological polar surface area (TPSA) is 57.0 Å². The Morgan fingerprint density at radius 2 is 1.79 bits per heavy atom. The largest absolute Gasteiger partial charge is 0.278 e. The van der Waals surface area contributed by atoms with Gasteiger partial charge in [0, 0.05) is 15.5 Å². The highest BCUT2D eigenvalue weighted by Crippen LogP contribution is 2.48. The van der Waals surface area contributed by atoms with E-state index in [2.05, 4.69) is 26.8 Å². The highest BCUT2D eigenvalue weighted by atomic mass is 32.2. The molecule has 5 rings (SSSR count). The van der Waals surface area contributed by atoms with Crippen molar-refractivity contribution in [2.75, 3.05) is 10.7 Å². The minimum atomic E-state index is -0.0126. The van der Waals surface area contributed by atoms with Crippen LogP contribution in [0.3, 0.4) is 0 Å². The molecule has 1 atom stereocenters. The smallest absolute Gasteiger partial charge is 0.242 e. The molecule has 0 N–H and O–H groups in total. The predicted molar refractivity (Wildman–Crippen MR) is 139 cm³/mol. The molecule has 0 saturated heterocycles. The average Bonchev–Trinajstić information content (AvgIpc) is 2.84. The van der Waals surface area contributed by atoms with Crippen LogP contribution in [0.25, 0.3) is 0 Å². The second-order valence-electron chi connectivity index (χ2n) is 9.92. The lowest BCUT2D eigenvalue weighted by Gasteiger charge is -2.34. The predicted octanol–water partition coefficient (Wildman–Crippen LogP) is 7.03. The number of aromatic nitrogens is 1. The summed E-state index contributed by atoms with van der Waals surface area (Å²) in [5, 5.41) is 10.5. The van der Waals surface area contributed by atoms with Gasteiger partial charge in [-0.15, -0.1) is 0 Å². The summed E-state index contributed by atoms with van der Waals surface area (Å²) < 4.78 is 0. The molecule has 34 heavy (non-hydrogen) atoms. The number of carbonyl (C=O) groups excluding carboxylic acids is 1. The van der Waals surface area contributed by atoms with E-state index in [4.69, 9.17) is 4.98 Å². The van der Waals surface area contributed by atoms with Crippen LogP contribution in [-0.2, 0) is 17.6 Å². The molecule has 2 heterocycles. The van der Waals surface area contributed by atoms with E-state index >= 15 is 0 Å². The number of aryl methyl sites for hydroxylation is 1. The summed E-state index contributed by atoms with van der Waals surface area (Å²) in [7, 11) is 0. The van der Waals surface area contributed by atoms with E-state index < -0.39 is 0 Å². The zero-order chi connectivity index (χ0) is 23.9. The standard InChI is InChI=1S/C28H27N3OS2/c1-28(2,3)20-12-13-21-18(15-20)14-19(16-29)27(30-21)33-17-26(32)31-22-8-4-6-10-24(22)34-25-11-7-5-9-23(25)31/h4-11,14,20H,12-13,15,17H2,1-3H3/t20-/m1/s1. The van der Waals surface area contributed by atoms with Crippen LogP contribution in [0.2, 0.25) is 0 Å². The molecule has 0 spiro atoms. The molecule has 0 bridgehead atoms. The molecule has 2 aromatic carbocycles. The van der Waals surface area contributed by atoms with E-state index in [1.54, 1.807) is 11.8 Å². The first-order valence-corrected chi connectivity index (χ1v) is 13.4. The third-order valence-corrected chi connectivity index (χ3v) is 8.82. The Kier molecular flexibility index (Phi) is 6.18. The molecule has 0 unspecified atom stereocenters. The summed E-state index contributed by atoms with van der Waals surface area (Å²) >= 11 is 3.06. The Morgan fingerprint density at radius 3 is 2.41 bits per heavy atom. The maximum Gasteiger partial charge on any atom is 0.242 e. The number of thioether (sulfide) groups is 1. The molecule has 1 aliphatic carbocycles. The van der Waals surface area contributed by atoms with Crippen molar-refractivity contribution in [3.63, 3.8) is 0 Å². The van der Waals surface area contributed by atoms with E-state index in [1.807, 2.05) is 59.5 Å². The summed E-state index contributed by atoms with van der Waals surface area (Å²) in [6, 6.07) is 20.3. The molecule has 6 heteroatoms. The van der Waals surface area contributed by atoms with Crippen LogP contribution >= 0.6 is 23.5 Å². The van der Waals surface area contributed by atoms with Crippen LogP contribution in [0.15, 0.2) is 69.4 Å². The van der Waals surface area contributed by atoms with Gasteiger partial charge in [-0.2, -0.15) is 5.26 Å². The lowest BCUT2D eigenvalue weighted by molar-refractivity contribution is -0.115. The van der Waals surface area contributed by atoms with Crippen molar-refractivity contribution in [3.8, 4) is 6.07 Å². The van der Waals surface area contributed by atoms with Crippen molar-refractivity contribution >= 4 is 40.8 Å². The highest BCUT2D eigenvalue weighted by Gasteiger charge is 2.31. The second kappa shape index (κ2) is 9.13. The quantitative estimate of drug-likeness (QED) is 0.373. The van der Waals surface area contributed by atoms with Gasteiger partial charge in [-0.1, -0.05) is 68.6 Å². The van der Waals surface area contributed by atoms with Gasteiger partial charge >= 0.3 is 0 Å². The zero-order valence-corrected chi connectivity index (χ0v) is 21.3. The van der Waals surface area contributed by atoms with E-state index in [1.165, 1.54) is 17.3 Å². The number of rotatable bonds is 3. The average molecular weight is 486 g/mol. The first-order chi connectivity index (χ1) is 16.3. The fraction of sp³-hybridized carbons (Fsp3) is 0.321. The Morgan fingerprint density at radius 1 is 1.15 bits per heavy atom. The SMILES string of the molecule is CC(C)(C)[C@@H]1CCc2nc(SCC(=O)N3c4ccccc4Sc4ccccc43)c(C#N)cc2C1. The van der Waals surface area contributed by atoms with Crippen LogP contribution in [-0.4, -0.2) is 16.6 Å². The van der Waals surface area contributed by atoms with Crippen LogP contribution in [0.5, 0.6) is 0 Å². The zero-order valence-electron chi connectivity index (χ0n) is 19.7. The minimum Gasteiger partial charge on any atom is -0.278 e. The number of hydrogen-bond acceptors (Lipinski definition) is 5. The Hall–Kier alpha value is -2.75. The molecule has 0 radical (unpaired) electrons. The Labute approximate surface area is 209 Å². The normalized spacial score (nSPS) is 16.8. The van der Waals surface area contributed by atoms with Crippen molar-refractivity contribution in [1.82, 2.24) is 4.98 Å². The number of pyridine rings is 1. The van der Waals surface area contributed by atoms with E-state index in [-0.39, 0.29) is 17.1 Å². The number of fused-ring (bicyclic) bond motifs is 3. The fourth-order valence-corrected chi connectivity index (χ4v) is 6.62. The molecule has 3 aromatic rings. The molecule has 0 saturated carbocycles. The van der Waals surface area contributed by atoms with Gasteiger partial charge in [0.15, 0.2) is 0 Å². The first kappa shape index (κ1) is 23.0. The van der Waals surface area contributed by atoms with Crippen molar-refractivity contribution in [2.45, 2.75) is 54.9 Å². The summed E-state index contributed by atoms with van der Waals surface area (Å²) in [5.41, 5.74) is 4.90. The lowest BCUT2D eigenvalue weighted by atomic mass is 9.71. The monoisotopic (exact) mass is 485 g/mol. The molecule has 1 aliphatic heterocycles. The molecule has 2 aliphatic rings. The number of hydrogen-bond donors (Lipinski definition) is 0. The third kappa shape index (κ3) is 4.35. The summed E-state index contributed by atoms with van der Waals surface area (Å²) in [4.78, 5) is 22.3. The van der Waals surface area contributed by atoms with E-state index in [0.29, 0.717) is 16.5 Å². The maximum absolute atomic E-state index is 13.5. The lowest BCUT2D eigenvalue weighted by Crippen LogP contribution is -2.30. The first-order valence-electron chi connectivity index (χ1n) is 11.6. The molecule has 1 aromatic heterocycles. The molecular formula is C28H27N3OS2. The van der Waals surface area contributed by atoms with Crippen molar-refractivity contribution in [3.05, 3.63) is 71.4 Å². The number of carbonyl (C=O) groups is 1. The van der Waals surface area contributed by atoms with Gasteiger partial charge in [-0.3, -0.25) is 9.69 Å². The van der Waals surface area contributed by atoms with Crippen LogP contribution < -0.4 is 4.90 Å². The van der Waals surface area contributed by atoms with Gasteiger partial charge < -0.3 is 0 Å². The molecule has 172 valence electrons. The Balaban J connectivity index is 1.40. The molecule has 1 amide bonds. The van der Waals surface area contributed by atoms with Gasteiger partial charge in [0.2, 0.25) is 5.91 Å². The second-order valence-corrected chi connectivity index (χ2v) is 12.0. The molecular weight excluding hydrogens is 458 g/mol. The van der Waals surface area contributed by atoms with Gasteiger partial charge in [-0.25, -0.2) is 4.98 Å². The van der Waals surface area contributed by atoms with Crippen molar-refractivity contribution in [1.29, 1.82) is 5.26 Å². The highest BCUT2D eigenvalue weighted by molar-refractivity contribution is 8.00. The number of benzene rings is 2. The van der Waals surface area contributed by atoms with Crippen LogP contribution in [0, 0.1) is 22.7 Å². The van der Waals surface area contributed by atoms with E-state index in [9.17, 15) is 10.1 Å². The fourth-order valence-electron chi connectivity index (χ4n) is 4.74. The number of para-hydroxylation sites is 2. The summed E-state index contributed by atoms with van der Waals surface area (Å²) in [6.45, 7) is 6.85.